The number of phosphoric acid groups is 1. The number of unbranched alkanes of at least 4 members (excludes halogenated alkanes) is 13. The molecule has 11 heteroatoms. The zero-order chi connectivity index (χ0) is 40.5. The molecule has 3 atom stereocenters. The Morgan fingerprint density at radius 2 is 1.05 bits per heavy atom. The molecule has 3 unspecified atom stereocenters. The maximum atomic E-state index is 12.6. The van der Waals surface area contributed by atoms with E-state index in [1.807, 2.05) is 0 Å². The van der Waals surface area contributed by atoms with E-state index in [2.05, 4.69) is 86.8 Å². The molecule has 0 aliphatic rings. The highest BCUT2D eigenvalue weighted by atomic mass is 31.2. The second-order valence-electron chi connectivity index (χ2n) is 13.7. The first-order valence-electron chi connectivity index (χ1n) is 21.0. The number of carbonyl (C=O) groups excluding carboxylic acids is 1. The Bertz CT molecular complexity index is 1150. The summed E-state index contributed by atoms with van der Waals surface area (Å²) in [6.45, 7) is 3.64. The highest BCUT2D eigenvalue weighted by Crippen LogP contribution is 2.43. The molecule has 10 nitrogen and oxygen atoms in total. The highest BCUT2D eigenvalue weighted by molar-refractivity contribution is 7.47. The van der Waals surface area contributed by atoms with Gasteiger partial charge in [0, 0.05) is 13.0 Å². The van der Waals surface area contributed by atoms with Crippen LogP contribution in [0.1, 0.15) is 155 Å². The molecule has 4 N–H and O–H groups in total. The van der Waals surface area contributed by atoms with E-state index < -0.39 is 45.1 Å². The van der Waals surface area contributed by atoms with Crippen molar-refractivity contribution in [1.82, 2.24) is 0 Å². The van der Waals surface area contributed by atoms with E-state index >= 15 is 0 Å². The third-order valence-electron chi connectivity index (χ3n) is 8.45. The van der Waals surface area contributed by atoms with Crippen LogP contribution in [0.2, 0.25) is 0 Å². The zero-order valence-electron chi connectivity index (χ0n) is 34.2. The van der Waals surface area contributed by atoms with Gasteiger partial charge in [0.05, 0.1) is 19.8 Å². The van der Waals surface area contributed by atoms with Crippen LogP contribution in [0.5, 0.6) is 0 Å². The van der Waals surface area contributed by atoms with Crippen LogP contribution in [0.4, 0.5) is 0 Å². The molecule has 316 valence electrons. The van der Waals surface area contributed by atoms with E-state index in [1.165, 1.54) is 32.1 Å². The summed E-state index contributed by atoms with van der Waals surface area (Å²) in [5.74, 6) is -1.81. The first-order valence-corrected chi connectivity index (χ1v) is 22.5. The Balaban J connectivity index is 4.28. The average Bonchev–Trinajstić information content (AvgIpc) is 3.16. The second kappa shape index (κ2) is 39.6. The van der Waals surface area contributed by atoms with Crippen molar-refractivity contribution in [2.45, 2.75) is 167 Å². The Hall–Kier alpha value is -2.59. The molecule has 0 saturated heterocycles. The van der Waals surface area contributed by atoms with Crippen molar-refractivity contribution in [2.24, 2.45) is 5.73 Å². The van der Waals surface area contributed by atoms with Gasteiger partial charge in [-0.25, -0.2) is 4.57 Å². The number of esters is 1. The van der Waals surface area contributed by atoms with Crippen LogP contribution in [0.25, 0.3) is 0 Å². The molecule has 55 heavy (non-hydrogen) atoms. The molecule has 0 aliphatic heterocycles. The molecule has 0 aliphatic carbocycles. The molecular weight excluding hydrogens is 717 g/mol. The predicted octanol–water partition coefficient (Wildman–Crippen LogP) is 11.4. The number of allylic oxidation sites excluding steroid dienone is 12. The summed E-state index contributed by atoms with van der Waals surface area (Å²) in [6.07, 6.45) is 48.1. The number of rotatable bonds is 39. The lowest BCUT2D eigenvalue weighted by Gasteiger charge is -2.20. The van der Waals surface area contributed by atoms with E-state index in [0.29, 0.717) is 13.0 Å². The van der Waals surface area contributed by atoms with Crippen molar-refractivity contribution in [3.63, 3.8) is 0 Å². The number of hydrogen-bond acceptors (Lipinski definition) is 8. The number of aliphatic carboxylic acids is 1. The second-order valence-corrected chi connectivity index (χ2v) is 15.2. The summed E-state index contributed by atoms with van der Waals surface area (Å²) in [7, 11) is -4.62. The maximum absolute atomic E-state index is 12.6. The van der Waals surface area contributed by atoms with Gasteiger partial charge in [-0.05, 0) is 77.0 Å². The average molecular weight is 794 g/mol. The fraction of sp³-hybridized carbons (Fsp3) is 0.682. The zero-order valence-corrected chi connectivity index (χ0v) is 35.1. The van der Waals surface area contributed by atoms with Crippen LogP contribution in [-0.2, 0) is 32.7 Å². The molecule has 0 fully saturated rings. The van der Waals surface area contributed by atoms with Crippen LogP contribution in [-0.4, -0.2) is 60.5 Å². The molecule has 0 aromatic carbocycles. The fourth-order valence-corrected chi connectivity index (χ4v) is 6.00. The van der Waals surface area contributed by atoms with E-state index in [4.69, 9.17) is 29.4 Å². The smallest absolute Gasteiger partial charge is 0.472 e. The monoisotopic (exact) mass is 794 g/mol. The lowest BCUT2D eigenvalue weighted by Crippen LogP contribution is -2.34. The lowest BCUT2D eigenvalue weighted by molar-refractivity contribution is -0.154. The van der Waals surface area contributed by atoms with Gasteiger partial charge in [-0.2, -0.15) is 0 Å². The first kappa shape index (κ1) is 52.4. The fourth-order valence-electron chi connectivity index (χ4n) is 5.22. The maximum Gasteiger partial charge on any atom is 0.472 e. The number of carboxylic acids is 1. The summed E-state index contributed by atoms with van der Waals surface area (Å²) >= 11 is 0. The van der Waals surface area contributed by atoms with Crippen molar-refractivity contribution < 1.29 is 42.7 Å². The van der Waals surface area contributed by atoms with Gasteiger partial charge in [-0.15, -0.1) is 0 Å². The van der Waals surface area contributed by atoms with Crippen LogP contribution >= 0.6 is 7.82 Å². The number of carboxylic acid groups (broad SMARTS) is 1. The number of ether oxygens (including phenoxy) is 2. The Morgan fingerprint density at radius 3 is 1.58 bits per heavy atom. The predicted molar refractivity (Wildman–Crippen MR) is 226 cm³/mol. The van der Waals surface area contributed by atoms with E-state index in [0.717, 1.165) is 96.3 Å². The Morgan fingerprint density at radius 1 is 0.600 bits per heavy atom. The van der Waals surface area contributed by atoms with Gasteiger partial charge < -0.3 is 25.2 Å². The summed E-state index contributed by atoms with van der Waals surface area (Å²) in [5.41, 5.74) is 5.35. The van der Waals surface area contributed by atoms with Crippen LogP contribution in [0.3, 0.4) is 0 Å². The molecular formula is C44H76NO9P. The third-order valence-corrected chi connectivity index (χ3v) is 9.40. The van der Waals surface area contributed by atoms with Gasteiger partial charge in [0.15, 0.2) is 0 Å². The van der Waals surface area contributed by atoms with Gasteiger partial charge in [-0.1, -0.05) is 145 Å². The minimum atomic E-state index is -4.62. The molecule has 0 heterocycles. The number of hydrogen-bond donors (Lipinski definition) is 3. The van der Waals surface area contributed by atoms with Gasteiger partial charge in [-0.3, -0.25) is 18.6 Å². The van der Waals surface area contributed by atoms with Crippen LogP contribution < -0.4 is 5.73 Å². The highest BCUT2D eigenvalue weighted by Gasteiger charge is 2.27. The molecule has 0 radical (unpaired) electrons. The summed E-state index contributed by atoms with van der Waals surface area (Å²) in [4.78, 5) is 33.5. The summed E-state index contributed by atoms with van der Waals surface area (Å²) in [5, 5.41) is 8.89. The summed E-state index contributed by atoms with van der Waals surface area (Å²) in [6, 6.07) is -1.48. The number of carbonyl (C=O) groups is 2. The van der Waals surface area contributed by atoms with E-state index in [9.17, 15) is 19.0 Å². The minimum Gasteiger partial charge on any atom is -0.480 e. The molecule has 0 amide bonds. The van der Waals surface area contributed by atoms with Gasteiger partial charge in [0.2, 0.25) is 0 Å². The van der Waals surface area contributed by atoms with Gasteiger partial charge in [0.25, 0.3) is 0 Å². The van der Waals surface area contributed by atoms with Crippen molar-refractivity contribution in [1.29, 1.82) is 0 Å². The van der Waals surface area contributed by atoms with Crippen LogP contribution in [0.15, 0.2) is 72.9 Å². The lowest BCUT2D eigenvalue weighted by atomic mass is 10.1. The molecule has 0 bridgehead atoms. The molecule has 0 aromatic heterocycles. The topological polar surface area (TPSA) is 155 Å². The first-order chi connectivity index (χ1) is 26.7. The Labute approximate surface area is 334 Å². The van der Waals surface area contributed by atoms with E-state index in [-0.39, 0.29) is 13.0 Å². The van der Waals surface area contributed by atoms with Gasteiger partial charge >= 0.3 is 19.8 Å². The number of nitrogens with two attached hydrogens (primary N) is 1. The quantitative estimate of drug-likeness (QED) is 0.0237. The Kier molecular flexibility index (Phi) is 37.8. The van der Waals surface area contributed by atoms with Gasteiger partial charge in [0.1, 0.15) is 12.1 Å². The molecule has 0 aromatic rings. The van der Waals surface area contributed by atoms with Crippen molar-refractivity contribution >= 4 is 19.8 Å². The van der Waals surface area contributed by atoms with Crippen LogP contribution in [0, 0.1) is 0 Å². The molecule has 0 spiro atoms. The van der Waals surface area contributed by atoms with Crippen molar-refractivity contribution in [2.75, 3.05) is 26.4 Å². The minimum absolute atomic E-state index is 0.000406. The number of phosphoric ester groups is 1. The molecule has 0 saturated carbocycles. The standard InChI is InChI=1S/C44H76NO9P/c1-3-5-7-9-11-13-15-17-18-19-20-21-22-23-25-27-29-31-33-35-37-51-38-41(39-52-55(49,50)53-40-42(45)44(47)48)54-43(46)36-34-32-30-28-26-24-16-14-12-10-8-6-4-2/h5,7-8,10-11,13-14,16-18,20-21,41-42H,3-4,6,9,12,15,19,22-40,45H2,1-2H3,(H,47,48)(H,49,50)/b7-5-,10-8-,13-11-,16-14-,18-17-,21-20-. The summed E-state index contributed by atoms with van der Waals surface area (Å²) < 4.78 is 33.3. The largest absolute Gasteiger partial charge is 0.480 e. The van der Waals surface area contributed by atoms with E-state index in [1.54, 1.807) is 0 Å². The SMILES string of the molecule is CC/C=C\C/C=C\C/C=C\C/C=C\CCCCCCCCCOCC(COP(=O)(O)OCC(N)C(=O)O)OC(=O)CCCCCCC/C=C\C/C=C\CCC. The molecule has 0 rings (SSSR count). The third kappa shape index (κ3) is 39.4. The van der Waals surface area contributed by atoms with Crippen molar-refractivity contribution in [3.05, 3.63) is 72.9 Å². The normalized spacial score (nSPS) is 14.7. The van der Waals surface area contributed by atoms with Crippen molar-refractivity contribution in [3.8, 4) is 0 Å².